The van der Waals surface area contributed by atoms with Crippen molar-refractivity contribution in [2.24, 2.45) is 0 Å². The maximum Gasteiger partial charge on any atom is 0.145 e. The van der Waals surface area contributed by atoms with Crippen LogP contribution in [-0.2, 0) is 6.61 Å². The standard InChI is InChI=1S/C10H10N2O3/c1-7-10(12-15-11-7)6-14-9-4-2-8(13)3-5-9/h2-5,13H,6H2,1H3. The zero-order valence-corrected chi connectivity index (χ0v) is 8.17. The second kappa shape index (κ2) is 4.00. The Morgan fingerprint density at radius 2 is 2.00 bits per heavy atom. The Morgan fingerprint density at radius 1 is 1.27 bits per heavy atom. The van der Waals surface area contributed by atoms with Crippen LogP contribution in [0.4, 0.5) is 0 Å². The molecule has 0 aliphatic carbocycles. The van der Waals surface area contributed by atoms with Gasteiger partial charge in [0.25, 0.3) is 0 Å². The second-order valence-electron chi connectivity index (χ2n) is 3.08. The van der Waals surface area contributed by atoms with Crippen molar-refractivity contribution in [1.29, 1.82) is 0 Å². The first-order valence-electron chi connectivity index (χ1n) is 4.45. The minimum atomic E-state index is 0.210. The van der Waals surface area contributed by atoms with Gasteiger partial charge in [0.1, 0.15) is 29.5 Å². The molecule has 0 amide bonds. The molecule has 0 saturated carbocycles. The van der Waals surface area contributed by atoms with Crippen molar-refractivity contribution in [2.75, 3.05) is 0 Å². The van der Waals surface area contributed by atoms with E-state index < -0.39 is 0 Å². The van der Waals surface area contributed by atoms with Crippen LogP contribution in [0.15, 0.2) is 28.9 Å². The Morgan fingerprint density at radius 3 is 2.60 bits per heavy atom. The lowest BCUT2D eigenvalue weighted by atomic mass is 10.3. The third-order valence-electron chi connectivity index (χ3n) is 1.96. The number of benzene rings is 1. The van der Waals surface area contributed by atoms with Crippen molar-refractivity contribution in [2.45, 2.75) is 13.5 Å². The van der Waals surface area contributed by atoms with Gasteiger partial charge in [-0.05, 0) is 31.2 Å². The highest BCUT2D eigenvalue weighted by Gasteiger charge is 2.05. The van der Waals surface area contributed by atoms with E-state index in [1.54, 1.807) is 31.2 Å². The maximum absolute atomic E-state index is 9.06. The monoisotopic (exact) mass is 206 g/mol. The summed E-state index contributed by atoms with van der Waals surface area (Å²) in [6, 6.07) is 6.48. The SMILES string of the molecule is Cc1nonc1COc1ccc(O)cc1. The Balaban J connectivity index is 1.99. The highest BCUT2D eigenvalue weighted by Crippen LogP contribution is 2.17. The van der Waals surface area contributed by atoms with E-state index in [1.807, 2.05) is 0 Å². The summed E-state index contributed by atoms with van der Waals surface area (Å²) in [5.41, 5.74) is 1.39. The summed E-state index contributed by atoms with van der Waals surface area (Å²) in [6.07, 6.45) is 0. The molecule has 1 aromatic carbocycles. The number of phenols is 1. The van der Waals surface area contributed by atoms with Crippen molar-refractivity contribution in [3.05, 3.63) is 35.7 Å². The molecule has 0 aliphatic heterocycles. The average molecular weight is 206 g/mol. The molecule has 5 heteroatoms. The van der Waals surface area contributed by atoms with Gasteiger partial charge >= 0.3 is 0 Å². The van der Waals surface area contributed by atoms with Crippen molar-refractivity contribution < 1.29 is 14.5 Å². The maximum atomic E-state index is 9.06. The van der Waals surface area contributed by atoms with E-state index in [2.05, 4.69) is 14.9 Å². The van der Waals surface area contributed by atoms with E-state index in [9.17, 15) is 0 Å². The van der Waals surface area contributed by atoms with Crippen LogP contribution in [0.1, 0.15) is 11.4 Å². The first kappa shape index (κ1) is 9.51. The van der Waals surface area contributed by atoms with Gasteiger partial charge in [-0.2, -0.15) is 0 Å². The van der Waals surface area contributed by atoms with Crippen LogP contribution >= 0.6 is 0 Å². The van der Waals surface area contributed by atoms with Crippen molar-refractivity contribution in [1.82, 2.24) is 10.3 Å². The van der Waals surface area contributed by atoms with Gasteiger partial charge in [-0.1, -0.05) is 10.3 Å². The average Bonchev–Trinajstić information content (AvgIpc) is 2.63. The third kappa shape index (κ3) is 2.25. The van der Waals surface area contributed by atoms with Crippen LogP contribution in [0.2, 0.25) is 0 Å². The van der Waals surface area contributed by atoms with E-state index in [0.29, 0.717) is 23.7 Å². The number of nitrogens with zero attached hydrogens (tertiary/aromatic N) is 2. The summed E-state index contributed by atoms with van der Waals surface area (Å²) < 4.78 is 9.95. The topological polar surface area (TPSA) is 68.4 Å². The highest BCUT2D eigenvalue weighted by molar-refractivity contribution is 5.30. The normalized spacial score (nSPS) is 10.2. The molecule has 1 N–H and O–H groups in total. The minimum Gasteiger partial charge on any atom is -0.508 e. The Hall–Kier alpha value is -2.04. The molecular formula is C10H10N2O3. The number of ether oxygens (including phenoxy) is 1. The summed E-state index contributed by atoms with van der Waals surface area (Å²) in [5, 5.41) is 16.4. The first-order chi connectivity index (χ1) is 7.25. The highest BCUT2D eigenvalue weighted by atomic mass is 16.6. The van der Waals surface area contributed by atoms with Crippen LogP contribution < -0.4 is 4.74 Å². The number of phenolic OH excluding ortho intramolecular Hbond substituents is 1. The molecule has 0 aliphatic rings. The molecule has 1 heterocycles. The molecule has 5 nitrogen and oxygen atoms in total. The lowest BCUT2D eigenvalue weighted by Crippen LogP contribution is -1.97. The zero-order valence-electron chi connectivity index (χ0n) is 8.17. The van der Waals surface area contributed by atoms with E-state index in [-0.39, 0.29) is 5.75 Å². The summed E-state index contributed by atoms with van der Waals surface area (Å²) in [7, 11) is 0. The fraction of sp³-hybridized carbons (Fsp3) is 0.200. The number of hydrogen-bond donors (Lipinski definition) is 1. The lowest BCUT2D eigenvalue weighted by molar-refractivity contribution is 0.270. The fourth-order valence-electron chi connectivity index (χ4n) is 1.07. The predicted molar refractivity (Wildman–Crippen MR) is 51.5 cm³/mol. The van der Waals surface area contributed by atoms with Crippen molar-refractivity contribution >= 4 is 0 Å². The number of aryl methyl sites for hydroxylation is 1. The molecule has 2 aromatic rings. The molecule has 0 bridgehead atoms. The molecule has 78 valence electrons. The largest absolute Gasteiger partial charge is 0.508 e. The van der Waals surface area contributed by atoms with Gasteiger partial charge in [0.15, 0.2) is 0 Å². The van der Waals surface area contributed by atoms with Crippen molar-refractivity contribution in [3.8, 4) is 11.5 Å². The molecule has 2 rings (SSSR count). The van der Waals surface area contributed by atoms with Crippen LogP contribution in [-0.4, -0.2) is 15.4 Å². The molecule has 0 fully saturated rings. The van der Waals surface area contributed by atoms with Crippen molar-refractivity contribution in [3.63, 3.8) is 0 Å². The molecule has 1 aromatic heterocycles. The summed E-state index contributed by atoms with van der Waals surface area (Å²) in [4.78, 5) is 0. The summed E-state index contributed by atoms with van der Waals surface area (Å²) in [6.45, 7) is 2.10. The molecule has 0 atom stereocenters. The van der Waals surface area contributed by atoms with Crippen LogP contribution in [0.5, 0.6) is 11.5 Å². The lowest BCUT2D eigenvalue weighted by Gasteiger charge is -2.03. The van der Waals surface area contributed by atoms with Gasteiger partial charge in [-0.25, -0.2) is 4.63 Å². The molecular weight excluding hydrogens is 196 g/mol. The van der Waals surface area contributed by atoms with Crippen LogP contribution in [0.3, 0.4) is 0 Å². The van der Waals surface area contributed by atoms with Gasteiger partial charge in [0, 0.05) is 0 Å². The quantitative estimate of drug-likeness (QED) is 0.827. The summed E-state index contributed by atoms with van der Waals surface area (Å²) in [5.74, 6) is 0.872. The predicted octanol–water partition coefficient (Wildman–Crippen LogP) is 1.66. The second-order valence-corrected chi connectivity index (χ2v) is 3.08. The fourth-order valence-corrected chi connectivity index (χ4v) is 1.07. The number of aromatic nitrogens is 2. The van der Waals surface area contributed by atoms with E-state index in [4.69, 9.17) is 9.84 Å². The molecule has 0 spiro atoms. The van der Waals surface area contributed by atoms with Crippen LogP contribution in [0, 0.1) is 6.92 Å². The molecule has 15 heavy (non-hydrogen) atoms. The van der Waals surface area contributed by atoms with E-state index >= 15 is 0 Å². The Kier molecular flexibility index (Phi) is 2.53. The first-order valence-corrected chi connectivity index (χ1v) is 4.45. The Labute approximate surface area is 86.3 Å². The number of hydrogen-bond acceptors (Lipinski definition) is 5. The summed E-state index contributed by atoms with van der Waals surface area (Å²) >= 11 is 0. The van der Waals surface area contributed by atoms with Gasteiger partial charge in [-0.15, -0.1) is 0 Å². The Bertz CT molecular complexity index is 436. The number of rotatable bonds is 3. The van der Waals surface area contributed by atoms with Gasteiger partial charge in [0.2, 0.25) is 0 Å². The third-order valence-corrected chi connectivity index (χ3v) is 1.96. The zero-order chi connectivity index (χ0) is 10.7. The van der Waals surface area contributed by atoms with E-state index in [1.165, 1.54) is 0 Å². The van der Waals surface area contributed by atoms with Gasteiger partial charge in [-0.3, -0.25) is 0 Å². The number of aromatic hydroxyl groups is 1. The van der Waals surface area contributed by atoms with Gasteiger partial charge in [0.05, 0.1) is 0 Å². The van der Waals surface area contributed by atoms with Crippen LogP contribution in [0.25, 0.3) is 0 Å². The minimum absolute atomic E-state index is 0.210. The molecule has 0 saturated heterocycles. The van der Waals surface area contributed by atoms with Gasteiger partial charge < -0.3 is 9.84 Å². The van der Waals surface area contributed by atoms with E-state index in [0.717, 1.165) is 0 Å². The molecule has 0 unspecified atom stereocenters. The molecule has 0 radical (unpaired) electrons. The smallest absolute Gasteiger partial charge is 0.145 e.